The van der Waals surface area contributed by atoms with Gasteiger partial charge in [0.15, 0.2) is 5.96 Å². The minimum absolute atomic E-state index is 0. The molecule has 7 heteroatoms. The first-order chi connectivity index (χ1) is 11.5. The summed E-state index contributed by atoms with van der Waals surface area (Å²) in [5, 5.41) is 7.59. The predicted octanol–water partition coefficient (Wildman–Crippen LogP) is 2.92. The molecule has 3 rings (SSSR count). The zero-order valence-corrected chi connectivity index (χ0v) is 17.2. The molecule has 25 heavy (non-hydrogen) atoms. The van der Waals surface area contributed by atoms with Crippen LogP contribution < -0.4 is 5.32 Å². The Hall–Kier alpha value is -1.64. The lowest BCUT2D eigenvalue weighted by molar-refractivity contribution is 0.467. The van der Waals surface area contributed by atoms with E-state index in [9.17, 15) is 4.39 Å². The van der Waals surface area contributed by atoms with Gasteiger partial charge in [0.25, 0.3) is 0 Å². The first-order valence-corrected chi connectivity index (χ1v) is 8.18. The van der Waals surface area contributed by atoms with Crippen LogP contribution in [-0.2, 0) is 19.0 Å². The van der Waals surface area contributed by atoms with E-state index in [1.54, 1.807) is 23.9 Å². The van der Waals surface area contributed by atoms with E-state index in [0.29, 0.717) is 6.54 Å². The van der Waals surface area contributed by atoms with Gasteiger partial charge in [-0.15, -0.1) is 24.0 Å². The van der Waals surface area contributed by atoms with E-state index in [4.69, 9.17) is 0 Å². The molecule has 0 radical (unpaired) electrons. The molecule has 1 heterocycles. The van der Waals surface area contributed by atoms with Crippen molar-refractivity contribution in [2.24, 2.45) is 12.0 Å². The molecule has 1 aromatic heterocycles. The van der Waals surface area contributed by atoms with Crippen molar-refractivity contribution in [3.05, 3.63) is 53.6 Å². The fourth-order valence-corrected chi connectivity index (χ4v) is 3.12. The molecule has 1 saturated carbocycles. The standard InChI is InChI=1S/C18H24FN5.HI/c1-20-17(23(2)11-14-10-22-24(3)12-14)21-13-18(8-9-18)15-6-4-5-7-16(15)19;/h4-7,10,12H,8-9,11,13H2,1-3H3,(H,20,21);1H. The van der Waals surface area contributed by atoms with Gasteiger partial charge < -0.3 is 10.2 Å². The normalized spacial score (nSPS) is 15.4. The fourth-order valence-electron chi connectivity index (χ4n) is 3.12. The third kappa shape index (κ3) is 4.50. The number of aromatic nitrogens is 2. The SMILES string of the molecule is CN=C(NCC1(c2ccccc2F)CC1)N(C)Cc1cnn(C)c1.I. The van der Waals surface area contributed by atoms with Crippen LogP contribution in [0.15, 0.2) is 41.7 Å². The molecular weight excluding hydrogens is 432 g/mol. The Morgan fingerprint density at radius 2 is 2.12 bits per heavy atom. The molecule has 1 aliphatic rings. The summed E-state index contributed by atoms with van der Waals surface area (Å²) in [5.41, 5.74) is 1.83. The van der Waals surface area contributed by atoms with Crippen molar-refractivity contribution >= 4 is 29.9 Å². The molecule has 1 N–H and O–H groups in total. The van der Waals surface area contributed by atoms with Crippen molar-refractivity contribution in [2.75, 3.05) is 20.6 Å². The van der Waals surface area contributed by atoms with Gasteiger partial charge in [-0.1, -0.05) is 18.2 Å². The Bertz CT molecular complexity index is 739. The van der Waals surface area contributed by atoms with Gasteiger partial charge in [0.1, 0.15) is 5.82 Å². The Morgan fingerprint density at radius 3 is 2.68 bits per heavy atom. The van der Waals surface area contributed by atoms with E-state index < -0.39 is 0 Å². The first kappa shape index (κ1) is 19.7. The average molecular weight is 457 g/mol. The molecule has 0 spiro atoms. The largest absolute Gasteiger partial charge is 0.355 e. The average Bonchev–Trinajstić information content (AvgIpc) is 3.24. The van der Waals surface area contributed by atoms with Gasteiger partial charge in [0.2, 0.25) is 0 Å². The molecule has 5 nitrogen and oxygen atoms in total. The molecule has 0 bridgehead atoms. The number of aryl methyl sites for hydroxylation is 1. The predicted molar refractivity (Wildman–Crippen MR) is 109 cm³/mol. The van der Waals surface area contributed by atoms with Crippen molar-refractivity contribution in [1.29, 1.82) is 0 Å². The van der Waals surface area contributed by atoms with Gasteiger partial charge in [-0.3, -0.25) is 9.67 Å². The second-order valence-electron chi connectivity index (χ2n) is 6.54. The van der Waals surface area contributed by atoms with E-state index in [2.05, 4.69) is 20.3 Å². The van der Waals surface area contributed by atoms with Crippen LogP contribution in [0.5, 0.6) is 0 Å². The summed E-state index contributed by atoms with van der Waals surface area (Å²) in [6.07, 6.45) is 5.85. The maximum absolute atomic E-state index is 14.1. The van der Waals surface area contributed by atoms with Gasteiger partial charge in [0.05, 0.1) is 6.20 Å². The lowest BCUT2D eigenvalue weighted by atomic mass is 9.95. The van der Waals surface area contributed by atoms with Gasteiger partial charge in [-0.25, -0.2) is 4.39 Å². The Morgan fingerprint density at radius 1 is 1.40 bits per heavy atom. The van der Waals surface area contributed by atoms with E-state index in [1.165, 1.54) is 0 Å². The number of hydrogen-bond acceptors (Lipinski definition) is 2. The minimum Gasteiger partial charge on any atom is -0.355 e. The van der Waals surface area contributed by atoms with Crippen LogP contribution in [0.2, 0.25) is 0 Å². The quantitative estimate of drug-likeness (QED) is 0.427. The highest BCUT2D eigenvalue weighted by Crippen LogP contribution is 2.48. The highest BCUT2D eigenvalue weighted by molar-refractivity contribution is 14.0. The van der Waals surface area contributed by atoms with Crippen molar-refractivity contribution in [2.45, 2.75) is 24.8 Å². The highest BCUT2D eigenvalue weighted by atomic mass is 127. The van der Waals surface area contributed by atoms with Crippen molar-refractivity contribution in [1.82, 2.24) is 20.0 Å². The summed E-state index contributed by atoms with van der Waals surface area (Å²) in [7, 11) is 5.66. The smallest absolute Gasteiger partial charge is 0.193 e. The monoisotopic (exact) mass is 457 g/mol. The lowest BCUT2D eigenvalue weighted by Crippen LogP contribution is -2.42. The second kappa shape index (κ2) is 8.16. The number of rotatable bonds is 5. The summed E-state index contributed by atoms with van der Waals surface area (Å²) in [4.78, 5) is 6.40. The maximum Gasteiger partial charge on any atom is 0.193 e. The molecule has 0 atom stereocenters. The molecule has 0 aliphatic heterocycles. The van der Waals surface area contributed by atoms with Gasteiger partial charge in [-0.2, -0.15) is 5.10 Å². The van der Waals surface area contributed by atoms with Crippen molar-refractivity contribution < 1.29 is 4.39 Å². The summed E-state index contributed by atoms with van der Waals surface area (Å²) < 4.78 is 15.9. The molecule has 136 valence electrons. The lowest BCUT2D eigenvalue weighted by Gasteiger charge is -2.24. The van der Waals surface area contributed by atoms with Crippen molar-refractivity contribution in [3.63, 3.8) is 0 Å². The summed E-state index contributed by atoms with van der Waals surface area (Å²) in [5.74, 6) is 0.692. The zero-order valence-electron chi connectivity index (χ0n) is 14.9. The molecular formula is C18H25FIN5. The Kier molecular flexibility index (Phi) is 6.42. The number of hydrogen-bond donors (Lipinski definition) is 1. The molecule has 1 aliphatic carbocycles. The van der Waals surface area contributed by atoms with Gasteiger partial charge in [0, 0.05) is 51.4 Å². The van der Waals surface area contributed by atoms with Crippen LogP contribution in [0.4, 0.5) is 4.39 Å². The van der Waals surface area contributed by atoms with E-state index >= 15 is 0 Å². The van der Waals surface area contributed by atoms with Crippen LogP contribution in [0.1, 0.15) is 24.0 Å². The number of nitrogens with zero attached hydrogens (tertiary/aromatic N) is 4. The minimum atomic E-state index is -0.115. The van der Waals surface area contributed by atoms with Crippen LogP contribution in [0.3, 0.4) is 0 Å². The first-order valence-electron chi connectivity index (χ1n) is 8.18. The van der Waals surface area contributed by atoms with Crippen LogP contribution in [-0.4, -0.2) is 41.3 Å². The number of aliphatic imine (C=N–C) groups is 1. The summed E-state index contributed by atoms with van der Waals surface area (Å²) >= 11 is 0. The van der Waals surface area contributed by atoms with E-state index in [1.807, 2.05) is 38.6 Å². The van der Waals surface area contributed by atoms with E-state index in [0.717, 1.165) is 36.5 Å². The van der Waals surface area contributed by atoms with Crippen LogP contribution in [0.25, 0.3) is 0 Å². The second-order valence-corrected chi connectivity index (χ2v) is 6.54. The molecule has 0 saturated heterocycles. The van der Waals surface area contributed by atoms with Crippen LogP contribution >= 0.6 is 24.0 Å². The molecule has 0 amide bonds. The maximum atomic E-state index is 14.1. The number of halogens is 2. The number of benzene rings is 1. The number of nitrogens with one attached hydrogen (secondary N) is 1. The zero-order chi connectivity index (χ0) is 17.2. The topological polar surface area (TPSA) is 45.5 Å². The molecule has 1 fully saturated rings. The Balaban J connectivity index is 0.00000225. The summed E-state index contributed by atoms with van der Waals surface area (Å²) in [6, 6.07) is 7.08. The molecule has 1 aromatic carbocycles. The molecule has 0 unspecified atom stereocenters. The van der Waals surface area contributed by atoms with Crippen LogP contribution in [0, 0.1) is 5.82 Å². The van der Waals surface area contributed by atoms with Crippen molar-refractivity contribution in [3.8, 4) is 0 Å². The summed E-state index contributed by atoms with van der Waals surface area (Å²) in [6.45, 7) is 1.41. The highest BCUT2D eigenvalue weighted by Gasteiger charge is 2.45. The van der Waals surface area contributed by atoms with E-state index in [-0.39, 0.29) is 35.2 Å². The fraction of sp³-hybridized carbons (Fsp3) is 0.444. The Labute approximate surface area is 165 Å². The van der Waals surface area contributed by atoms with Gasteiger partial charge >= 0.3 is 0 Å². The van der Waals surface area contributed by atoms with Gasteiger partial charge in [-0.05, 0) is 24.5 Å². The number of guanidine groups is 1. The third-order valence-electron chi connectivity index (χ3n) is 4.64. The third-order valence-corrected chi connectivity index (χ3v) is 4.64. The molecule has 2 aromatic rings.